The van der Waals surface area contributed by atoms with E-state index in [2.05, 4.69) is 24.0 Å². The molecule has 2 heteroatoms. The lowest BCUT2D eigenvalue weighted by molar-refractivity contribution is 0.278. The first-order valence-corrected chi connectivity index (χ1v) is 5.77. The maximum Gasteiger partial charge on any atom is 0.0681 e. The molecular formula is C13H19NO. The second-order valence-corrected chi connectivity index (χ2v) is 4.33. The lowest BCUT2D eigenvalue weighted by Gasteiger charge is -2.13. The number of hydrogen-bond acceptors (Lipinski definition) is 2. The van der Waals surface area contributed by atoms with Crippen molar-refractivity contribution >= 4 is 0 Å². The van der Waals surface area contributed by atoms with Crippen molar-refractivity contribution < 1.29 is 5.11 Å². The Bertz CT molecular complexity index is 335. The van der Waals surface area contributed by atoms with E-state index in [9.17, 15) is 0 Å². The first-order chi connectivity index (χ1) is 7.33. The molecule has 0 radical (unpaired) electrons. The first kappa shape index (κ1) is 10.7. The van der Waals surface area contributed by atoms with Crippen LogP contribution < -0.4 is 0 Å². The SMILES string of the molecule is CCCCN1Cc2ccc(CO)cc2C1. The highest BCUT2D eigenvalue weighted by Gasteiger charge is 2.17. The summed E-state index contributed by atoms with van der Waals surface area (Å²) in [4.78, 5) is 2.48. The average molecular weight is 205 g/mol. The number of unbranched alkanes of at least 4 members (excludes halogenated alkanes) is 1. The number of rotatable bonds is 4. The number of nitrogens with zero attached hydrogens (tertiary/aromatic N) is 1. The molecule has 1 N–H and O–H groups in total. The summed E-state index contributed by atoms with van der Waals surface area (Å²) in [5.74, 6) is 0. The Morgan fingerprint density at radius 2 is 2.07 bits per heavy atom. The second kappa shape index (κ2) is 4.77. The number of benzene rings is 1. The Kier molecular flexibility index (Phi) is 3.39. The number of aliphatic hydroxyl groups excluding tert-OH is 1. The summed E-state index contributed by atoms with van der Waals surface area (Å²) in [5, 5.41) is 9.06. The van der Waals surface area contributed by atoms with E-state index in [1.165, 1.54) is 30.5 Å². The van der Waals surface area contributed by atoms with E-state index in [-0.39, 0.29) is 6.61 Å². The largest absolute Gasteiger partial charge is 0.392 e. The van der Waals surface area contributed by atoms with Gasteiger partial charge in [-0.15, -0.1) is 0 Å². The van der Waals surface area contributed by atoms with Gasteiger partial charge in [0, 0.05) is 13.1 Å². The molecule has 1 aromatic carbocycles. The topological polar surface area (TPSA) is 23.5 Å². The number of hydrogen-bond donors (Lipinski definition) is 1. The zero-order chi connectivity index (χ0) is 10.7. The number of fused-ring (bicyclic) bond motifs is 1. The molecule has 0 aromatic heterocycles. The molecule has 1 aliphatic heterocycles. The van der Waals surface area contributed by atoms with Gasteiger partial charge in [-0.25, -0.2) is 0 Å². The average Bonchev–Trinajstić information content (AvgIpc) is 2.67. The van der Waals surface area contributed by atoms with Gasteiger partial charge in [-0.1, -0.05) is 31.5 Å². The van der Waals surface area contributed by atoms with Crippen LogP contribution in [0.4, 0.5) is 0 Å². The van der Waals surface area contributed by atoms with Crippen LogP contribution in [0.3, 0.4) is 0 Å². The quantitative estimate of drug-likeness (QED) is 0.815. The van der Waals surface area contributed by atoms with Crippen molar-refractivity contribution in [2.75, 3.05) is 6.54 Å². The van der Waals surface area contributed by atoms with E-state index in [0.717, 1.165) is 18.7 Å². The molecule has 2 rings (SSSR count). The maximum atomic E-state index is 9.06. The predicted octanol–water partition coefficient (Wildman–Crippen LogP) is 2.29. The highest BCUT2D eigenvalue weighted by molar-refractivity contribution is 5.34. The zero-order valence-electron chi connectivity index (χ0n) is 9.37. The Morgan fingerprint density at radius 1 is 1.27 bits per heavy atom. The predicted molar refractivity (Wildman–Crippen MR) is 61.4 cm³/mol. The van der Waals surface area contributed by atoms with Crippen molar-refractivity contribution in [3.8, 4) is 0 Å². The molecule has 0 unspecified atom stereocenters. The van der Waals surface area contributed by atoms with Gasteiger partial charge in [0.1, 0.15) is 0 Å². The summed E-state index contributed by atoms with van der Waals surface area (Å²) in [6.07, 6.45) is 2.54. The monoisotopic (exact) mass is 205 g/mol. The molecule has 0 amide bonds. The molecule has 1 aromatic rings. The molecule has 1 heterocycles. The van der Waals surface area contributed by atoms with Crippen LogP contribution in [0.5, 0.6) is 0 Å². The van der Waals surface area contributed by atoms with Crippen LogP contribution in [0.1, 0.15) is 36.5 Å². The van der Waals surface area contributed by atoms with E-state index in [0.29, 0.717) is 0 Å². The molecular weight excluding hydrogens is 186 g/mol. The molecule has 0 saturated heterocycles. The van der Waals surface area contributed by atoms with Gasteiger partial charge >= 0.3 is 0 Å². The summed E-state index contributed by atoms with van der Waals surface area (Å²) in [5.41, 5.74) is 3.87. The standard InChI is InChI=1S/C13H19NO/c1-2-3-6-14-8-12-5-4-11(10-15)7-13(12)9-14/h4-5,7,15H,2-3,6,8-10H2,1H3. The van der Waals surface area contributed by atoms with Gasteiger partial charge in [0.15, 0.2) is 0 Å². The van der Waals surface area contributed by atoms with E-state index in [1.54, 1.807) is 0 Å². The van der Waals surface area contributed by atoms with E-state index in [1.807, 2.05) is 6.07 Å². The van der Waals surface area contributed by atoms with Gasteiger partial charge in [-0.05, 0) is 29.7 Å². The van der Waals surface area contributed by atoms with Crippen LogP contribution >= 0.6 is 0 Å². The van der Waals surface area contributed by atoms with Crippen molar-refractivity contribution in [1.29, 1.82) is 0 Å². The Morgan fingerprint density at radius 3 is 2.80 bits per heavy atom. The fraction of sp³-hybridized carbons (Fsp3) is 0.538. The second-order valence-electron chi connectivity index (χ2n) is 4.33. The molecule has 0 spiro atoms. The summed E-state index contributed by atoms with van der Waals surface area (Å²) in [6, 6.07) is 6.33. The lowest BCUT2D eigenvalue weighted by Crippen LogP contribution is -2.17. The first-order valence-electron chi connectivity index (χ1n) is 5.77. The minimum absolute atomic E-state index is 0.155. The van der Waals surface area contributed by atoms with Gasteiger partial charge in [-0.2, -0.15) is 0 Å². The van der Waals surface area contributed by atoms with Crippen LogP contribution in [-0.2, 0) is 19.7 Å². The molecule has 0 fully saturated rings. The maximum absolute atomic E-state index is 9.06. The van der Waals surface area contributed by atoms with Gasteiger partial charge < -0.3 is 5.11 Å². The summed E-state index contributed by atoms with van der Waals surface area (Å²) in [6.45, 7) is 5.72. The summed E-state index contributed by atoms with van der Waals surface area (Å²) in [7, 11) is 0. The molecule has 0 bridgehead atoms. The van der Waals surface area contributed by atoms with Gasteiger partial charge in [0.05, 0.1) is 6.61 Å². The Balaban J connectivity index is 2.03. The van der Waals surface area contributed by atoms with Crippen molar-refractivity contribution in [2.24, 2.45) is 0 Å². The molecule has 0 atom stereocenters. The van der Waals surface area contributed by atoms with Crippen LogP contribution in [0.25, 0.3) is 0 Å². The zero-order valence-corrected chi connectivity index (χ0v) is 9.37. The Hall–Kier alpha value is -0.860. The van der Waals surface area contributed by atoms with Crippen molar-refractivity contribution in [3.05, 3.63) is 34.9 Å². The van der Waals surface area contributed by atoms with Crippen LogP contribution in [0.15, 0.2) is 18.2 Å². The molecule has 2 nitrogen and oxygen atoms in total. The van der Waals surface area contributed by atoms with E-state index < -0.39 is 0 Å². The highest BCUT2D eigenvalue weighted by atomic mass is 16.3. The minimum atomic E-state index is 0.155. The van der Waals surface area contributed by atoms with Crippen LogP contribution in [-0.4, -0.2) is 16.6 Å². The van der Waals surface area contributed by atoms with Crippen molar-refractivity contribution in [2.45, 2.75) is 39.5 Å². The summed E-state index contributed by atoms with van der Waals surface area (Å²) < 4.78 is 0. The third kappa shape index (κ3) is 2.39. The normalized spacial score (nSPS) is 15.6. The Labute approximate surface area is 91.5 Å². The van der Waals surface area contributed by atoms with Crippen molar-refractivity contribution in [1.82, 2.24) is 4.90 Å². The molecule has 82 valence electrons. The molecule has 0 saturated carbocycles. The van der Waals surface area contributed by atoms with E-state index >= 15 is 0 Å². The minimum Gasteiger partial charge on any atom is -0.392 e. The fourth-order valence-corrected chi connectivity index (χ4v) is 2.16. The third-order valence-corrected chi connectivity index (χ3v) is 3.07. The smallest absolute Gasteiger partial charge is 0.0681 e. The van der Waals surface area contributed by atoms with Crippen molar-refractivity contribution in [3.63, 3.8) is 0 Å². The highest BCUT2D eigenvalue weighted by Crippen LogP contribution is 2.23. The lowest BCUT2D eigenvalue weighted by atomic mass is 10.1. The molecule has 15 heavy (non-hydrogen) atoms. The van der Waals surface area contributed by atoms with Crippen LogP contribution in [0, 0.1) is 0 Å². The molecule has 0 aliphatic carbocycles. The molecule has 1 aliphatic rings. The van der Waals surface area contributed by atoms with E-state index in [4.69, 9.17) is 5.11 Å². The van der Waals surface area contributed by atoms with Gasteiger partial charge in [-0.3, -0.25) is 4.90 Å². The summed E-state index contributed by atoms with van der Waals surface area (Å²) >= 11 is 0. The van der Waals surface area contributed by atoms with Gasteiger partial charge in [0.2, 0.25) is 0 Å². The number of aliphatic hydroxyl groups is 1. The van der Waals surface area contributed by atoms with Crippen LogP contribution in [0.2, 0.25) is 0 Å². The fourth-order valence-electron chi connectivity index (χ4n) is 2.16. The third-order valence-electron chi connectivity index (χ3n) is 3.07. The van der Waals surface area contributed by atoms with Gasteiger partial charge in [0.25, 0.3) is 0 Å².